The fourth-order valence-electron chi connectivity index (χ4n) is 1.64. The number of ketones is 1. The van der Waals surface area contributed by atoms with Crippen LogP contribution in [-0.4, -0.2) is 15.6 Å². The molecule has 0 unspecified atom stereocenters. The highest BCUT2D eigenvalue weighted by Gasteiger charge is 2.12. The van der Waals surface area contributed by atoms with Crippen LogP contribution in [0.15, 0.2) is 12.1 Å². The first-order valence-electron chi connectivity index (χ1n) is 4.80. The molecule has 16 heavy (non-hydrogen) atoms. The number of hydrogen-bond acceptors (Lipinski definition) is 2. The maximum Gasteiger partial charge on any atom is 0.151 e. The Kier molecular flexibility index (Phi) is 2.91. The van der Waals surface area contributed by atoms with E-state index >= 15 is 0 Å². The predicted molar refractivity (Wildman–Crippen MR) is 65.2 cm³/mol. The third-order valence-electron chi connectivity index (χ3n) is 2.40. The summed E-state index contributed by atoms with van der Waals surface area (Å²) in [7, 11) is 0. The Bertz CT molecular complexity index is 575. The normalized spacial score (nSPS) is 11.0. The van der Waals surface area contributed by atoms with Gasteiger partial charge in [0.2, 0.25) is 0 Å². The minimum absolute atomic E-state index is 0.0538. The van der Waals surface area contributed by atoms with Gasteiger partial charge in [-0.2, -0.15) is 5.10 Å². The van der Waals surface area contributed by atoms with Crippen molar-refractivity contribution in [3.8, 4) is 0 Å². The van der Waals surface area contributed by atoms with Gasteiger partial charge in [-0.25, -0.2) is 0 Å². The molecule has 0 N–H and O–H groups in total. The molecular weight excluding hydrogens is 247 g/mol. The van der Waals surface area contributed by atoms with Crippen LogP contribution in [0.2, 0.25) is 10.0 Å². The van der Waals surface area contributed by atoms with E-state index in [9.17, 15) is 4.79 Å². The highest BCUT2D eigenvalue weighted by Crippen LogP contribution is 2.29. The van der Waals surface area contributed by atoms with Crippen molar-refractivity contribution in [3.63, 3.8) is 0 Å². The van der Waals surface area contributed by atoms with Gasteiger partial charge in [-0.15, -0.1) is 0 Å². The minimum Gasteiger partial charge on any atom is -0.298 e. The SMILES string of the molecule is CC(=O)Cn1nc2c(Cl)cc(Cl)cc2c1C. The number of halogens is 2. The fourth-order valence-corrected chi connectivity index (χ4v) is 2.17. The molecule has 1 heterocycles. The molecule has 2 rings (SSSR count). The first kappa shape index (κ1) is 11.4. The summed E-state index contributed by atoms with van der Waals surface area (Å²) in [5.74, 6) is 0.0538. The molecular formula is C11H10Cl2N2O. The highest BCUT2D eigenvalue weighted by molar-refractivity contribution is 6.38. The molecule has 0 aliphatic rings. The van der Waals surface area contributed by atoms with Gasteiger partial charge in [0.1, 0.15) is 5.52 Å². The lowest BCUT2D eigenvalue weighted by Gasteiger charge is -1.99. The lowest BCUT2D eigenvalue weighted by atomic mass is 10.2. The molecule has 0 spiro atoms. The van der Waals surface area contributed by atoms with Crippen molar-refractivity contribution in [1.82, 2.24) is 9.78 Å². The molecule has 0 atom stereocenters. The van der Waals surface area contributed by atoms with Gasteiger partial charge < -0.3 is 0 Å². The second kappa shape index (κ2) is 4.07. The summed E-state index contributed by atoms with van der Waals surface area (Å²) in [4.78, 5) is 11.1. The molecule has 0 fully saturated rings. The molecule has 5 heteroatoms. The first-order valence-corrected chi connectivity index (χ1v) is 5.56. The summed E-state index contributed by atoms with van der Waals surface area (Å²) >= 11 is 12.0. The van der Waals surface area contributed by atoms with Crippen molar-refractivity contribution in [2.24, 2.45) is 0 Å². The summed E-state index contributed by atoms with van der Waals surface area (Å²) < 4.78 is 1.65. The number of hydrogen-bond donors (Lipinski definition) is 0. The molecule has 0 saturated carbocycles. The van der Waals surface area contributed by atoms with Crippen LogP contribution in [0.1, 0.15) is 12.6 Å². The van der Waals surface area contributed by atoms with Crippen LogP contribution in [0.25, 0.3) is 10.9 Å². The van der Waals surface area contributed by atoms with Crippen molar-refractivity contribution >= 4 is 39.9 Å². The van der Waals surface area contributed by atoms with E-state index in [1.165, 1.54) is 6.92 Å². The Morgan fingerprint density at radius 3 is 2.75 bits per heavy atom. The van der Waals surface area contributed by atoms with E-state index < -0.39 is 0 Å². The van der Waals surface area contributed by atoms with Gasteiger partial charge in [0.25, 0.3) is 0 Å². The Morgan fingerprint density at radius 1 is 1.44 bits per heavy atom. The van der Waals surface area contributed by atoms with Gasteiger partial charge in [0.15, 0.2) is 5.78 Å². The summed E-state index contributed by atoms with van der Waals surface area (Å²) in [5, 5.41) is 6.27. The molecule has 0 saturated heterocycles. The molecule has 0 bridgehead atoms. The zero-order valence-corrected chi connectivity index (χ0v) is 10.4. The van der Waals surface area contributed by atoms with E-state index in [2.05, 4.69) is 5.10 Å². The Hall–Kier alpha value is -1.06. The number of carbonyl (C=O) groups excluding carboxylic acids is 1. The minimum atomic E-state index is 0.0538. The molecule has 0 aliphatic carbocycles. The number of Topliss-reactive ketones (excluding diaryl/α,β-unsaturated/α-hetero) is 1. The van der Waals surface area contributed by atoms with Crippen molar-refractivity contribution in [2.45, 2.75) is 20.4 Å². The molecule has 3 nitrogen and oxygen atoms in total. The highest BCUT2D eigenvalue weighted by atomic mass is 35.5. The second-order valence-corrected chi connectivity index (χ2v) is 4.57. The number of aromatic nitrogens is 2. The summed E-state index contributed by atoms with van der Waals surface area (Å²) in [6.45, 7) is 3.68. The number of carbonyl (C=O) groups is 1. The third-order valence-corrected chi connectivity index (χ3v) is 2.90. The van der Waals surface area contributed by atoms with Gasteiger partial charge in [0.05, 0.1) is 11.6 Å². The van der Waals surface area contributed by atoms with Crippen molar-refractivity contribution in [2.75, 3.05) is 0 Å². The first-order chi connectivity index (χ1) is 7.49. The van der Waals surface area contributed by atoms with Gasteiger partial charge >= 0.3 is 0 Å². The number of benzene rings is 1. The average Bonchev–Trinajstić information content (AvgIpc) is 2.45. The van der Waals surface area contributed by atoms with Crippen LogP contribution in [0.5, 0.6) is 0 Å². The molecule has 1 aromatic heterocycles. The van der Waals surface area contributed by atoms with E-state index in [1.54, 1.807) is 10.7 Å². The van der Waals surface area contributed by atoms with Crippen molar-refractivity contribution < 1.29 is 4.79 Å². The van der Waals surface area contributed by atoms with Crippen LogP contribution < -0.4 is 0 Å². The van der Waals surface area contributed by atoms with Crippen LogP contribution >= 0.6 is 23.2 Å². The van der Waals surface area contributed by atoms with Crippen LogP contribution in [-0.2, 0) is 11.3 Å². The summed E-state index contributed by atoms with van der Waals surface area (Å²) in [6, 6.07) is 3.46. The van der Waals surface area contributed by atoms with E-state index in [-0.39, 0.29) is 12.3 Å². The second-order valence-electron chi connectivity index (χ2n) is 3.73. The molecule has 2 aromatic rings. The molecule has 1 aromatic carbocycles. The van der Waals surface area contributed by atoms with Crippen molar-refractivity contribution in [1.29, 1.82) is 0 Å². The molecule has 0 radical (unpaired) electrons. The molecule has 0 amide bonds. The van der Waals surface area contributed by atoms with Gasteiger partial charge in [-0.05, 0) is 26.0 Å². The van der Waals surface area contributed by atoms with Crippen LogP contribution in [0.4, 0.5) is 0 Å². The van der Waals surface area contributed by atoms with E-state index in [4.69, 9.17) is 23.2 Å². The molecule has 0 aliphatic heterocycles. The smallest absolute Gasteiger partial charge is 0.151 e. The lowest BCUT2D eigenvalue weighted by Crippen LogP contribution is -2.08. The third kappa shape index (κ3) is 1.93. The summed E-state index contributed by atoms with van der Waals surface area (Å²) in [6.07, 6.45) is 0. The number of rotatable bonds is 2. The lowest BCUT2D eigenvalue weighted by molar-refractivity contribution is -0.117. The topological polar surface area (TPSA) is 34.9 Å². The molecule has 84 valence electrons. The number of aryl methyl sites for hydroxylation is 1. The largest absolute Gasteiger partial charge is 0.298 e. The maximum atomic E-state index is 11.1. The van der Waals surface area contributed by atoms with Gasteiger partial charge in [0, 0.05) is 16.1 Å². The zero-order chi connectivity index (χ0) is 11.9. The Balaban J connectivity index is 2.67. The van der Waals surface area contributed by atoms with E-state index in [0.717, 1.165) is 11.1 Å². The average molecular weight is 257 g/mol. The van der Waals surface area contributed by atoms with E-state index in [0.29, 0.717) is 15.6 Å². The Morgan fingerprint density at radius 2 is 2.12 bits per heavy atom. The Labute approximate surface area is 103 Å². The maximum absolute atomic E-state index is 11.1. The van der Waals surface area contributed by atoms with E-state index in [1.807, 2.05) is 13.0 Å². The summed E-state index contributed by atoms with van der Waals surface area (Å²) in [5.41, 5.74) is 1.58. The standard InChI is InChI=1S/C11H10Cl2N2O/c1-6(16)5-15-7(2)9-3-8(12)4-10(13)11(9)14-15/h3-4H,5H2,1-2H3. The monoisotopic (exact) mass is 256 g/mol. The van der Waals surface area contributed by atoms with Gasteiger partial charge in [-0.3, -0.25) is 9.48 Å². The predicted octanol–water partition coefficient (Wildman–Crippen LogP) is 3.24. The van der Waals surface area contributed by atoms with Crippen LogP contribution in [0, 0.1) is 6.92 Å². The van der Waals surface area contributed by atoms with Crippen molar-refractivity contribution in [3.05, 3.63) is 27.9 Å². The fraction of sp³-hybridized carbons (Fsp3) is 0.273. The van der Waals surface area contributed by atoms with Crippen LogP contribution in [0.3, 0.4) is 0 Å². The zero-order valence-electron chi connectivity index (χ0n) is 8.92. The number of fused-ring (bicyclic) bond motifs is 1. The quantitative estimate of drug-likeness (QED) is 0.827. The van der Waals surface area contributed by atoms with Gasteiger partial charge in [-0.1, -0.05) is 23.2 Å². The number of nitrogens with zero attached hydrogens (tertiary/aromatic N) is 2.